The van der Waals surface area contributed by atoms with Gasteiger partial charge in [0.2, 0.25) is 0 Å². The smallest absolute Gasteiger partial charge is 0.188 e. The van der Waals surface area contributed by atoms with Crippen molar-refractivity contribution in [1.82, 2.24) is 0 Å². The maximum atomic E-state index is 10.1. The van der Waals surface area contributed by atoms with Gasteiger partial charge in [-0.3, -0.25) is 0 Å². The third-order valence-corrected chi connectivity index (χ3v) is 5.09. The molecule has 5 heteroatoms. The molecule has 26 heavy (non-hydrogen) atoms. The Hall–Kier alpha value is -0.810. The fourth-order valence-electron chi connectivity index (χ4n) is 3.40. The summed E-state index contributed by atoms with van der Waals surface area (Å²) in [5, 5.41) is 10.1. The van der Waals surface area contributed by atoms with E-state index in [0.29, 0.717) is 6.42 Å². The van der Waals surface area contributed by atoms with E-state index >= 15 is 0 Å². The van der Waals surface area contributed by atoms with Gasteiger partial charge in [0.1, 0.15) is 0 Å². The topological polar surface area (TPSA) is 111 Å². The van der Waals surface area contributed by atoms with Gasteiger partial charge in [0.15, 0.2) is 11.7 Å². The predicted molar refractivity (Wildman–Crippen MR) is 114 cm³/mol. The van der Waals surface area contributed by atoms with E-state index in [2.05, 4.69) is 11.9 Å². The quantitative estimate of drug-likeness (QED) is 0.152. The summed E-state index contributed by atoms with van der Waals surface area (Å²) in [5.41, 5.74) is 14.9. The summed E-state index contributed by atoms with van der Waals surface area (Å²) in [6.07, 6.45) is 21.8. The summed E-state index contributed by atoms with van der Waals surface area (Å²) in [6, 6.07) is 0. The minimum absolute atomic E-state index is 0.0592. The lowest BCUT2D eigenvalue weighted by molar-refractivity contribution is 0.0468. The van der Waals surface area contributed by atoms with Gasteiger partial charge in [-0.1, -0.05) is 103 Å². The molecule has 0 aromatic rings. The summed E-state index contributed by atoms with van der Waals surface area (Å²) in [6.45, 7) is 2.33. The van der Waals surface area contributed by atoms with Crippen molar-refractivity contribution in [2.45, 2.75) is 122 Å². The van der Waals surface area contributed by atoms with Crippen LogP contribution in [-0.4, -0.2) is 23.3 Å². The molecule has 1 atom stereocenters. The minimum Gasteiger partial charge on any atom is -0.370 e. The summed E-state index contributed by atoms with van der Waals surface area (Å²) in [7, 11) is 0. The number of aliphatic hydroxyl groups is 1. The lowest BCUT2D eigenvalue weighted by Crippen LogP contribution is -2.39. The van der Waals surface area contributed by atoms with E-state index < -0.39 is 5.72 Å². The van der Waals surface area contributed by atoms with Crippen molar-refractivity contribution in [3.05, 3.63) is 0 Å². The van der Waals surface area contributed by atoms with E-state index in [1.807, 2.05) is 0 Å². The van der Waals surface area contributed by atoms with Crippen molar-refractivity contribution < 1.29 is 5.11 Å². The van der Waals surface area contributed by atoms with Crippen LogP contribution in [-0.2, 0) is 0 Å². The third kappa shape index (κ3) is 16.6. The van der Waals surface area contributed by atoms with Crippen molar-refractivity contribution in [1.29, 1.82) is 0 Å². The molecule has 1 unspecified atom stereocenters. The van der Waals surface area contributed by atoms with Crippen molar-refractivity contribution >= 4 is 5.96 Å². The first kappa shape index (κ1) is 25.2. The molecule has 0 saturated heterocycles. The maximum absolute atomic E-state index is 10.1. The van der Waals surface area contributed by atoms with Crippen LogP contribution in [0.15, 0.2) is 4.99 Å². The summed E-state index contributed by atoms with van der Waals surface area (Å²) >= 11 is 0. The molecule has 0 aliphatic carbocycles. The first-order chi connectivity index (χ1) is 12.5. The van der Waals surface area contributed by atoms with Gasteiger partial charge in [-0.2, -0.15) is 0 Å². The second kappa shape index (κ2) is 17.6. The molecule has 0 fully saturated rings. The van der Waals surface area contributed by atoms with Gasteiger partial charge in [-0.25, -0.2) is 4.99 Å². The molecular formula is C21H46N4O. The van der Waals surface area contributed by atoms with Gasteiger partial charge in [0, 0.05) is 6.54 Å². The highest BCUT2D eigenvalue weighted by Gasteiger charge is 2.23. The Kier molecular flexibility index (Phi) is 17.0. The zero-order valence-electron chi connectivity index (χ0n) is 17.4. The van der Waals surface area contributed by atoms with Crippen LogP contribution in [0.2, 0.25) is 0 Å². The standard InChI is InChI=1S/C21H46N4O/c1-2-3-4-5-6-7-8-9-10-11-12-13-14-15-16-17-18-21(26,19-22)25-20(23)24/h26H,2-19,22H2,1H3,(H4,23,24,25). The molecule has 0 heterocycles. The zero-order chi connectivity index (χ0) is 19.5. The summed E-state index contributed by atoms with van der Waals surface area (Å²) in [5.74, 6) is -0.102. The van der Waals surface area contributed by atoms with Crippen molar-refractivity contribution in [2.75, 3.05) is 6.54 Å². The van der Waals surface area contributed by atoms with Crippen molar-refractivity contribution in [2.24, 2.45) is 22.2 Å². The number of nitrogens with zero attached hydrogens (tertiary/aromatic N) is 1. The van der Waals surface area contributed by atoms with Crippen LogP contribution in [0, 0.1) is 0 Å². The Balaban J connectivity index is 3.30. The number of hydrogen-bond acceptors (Lipinski definition) is 3. The van der Waals surface area contributed by atoms with Gasteiger partial charge < -0.3 is 22.3 Å². The van der Waals surface area contributed by atoms with Crippen LogP contribution < -0.4 is 17.2 Å². The van der Waals surface area contributed by atoms with Crippen LogP contribution in [0.5, 0.6) is 0 Å². The van der Waals surface area contributed by atoms with Gasteiger partial charge in [-0.15, -0.1) is 0 Å². The molecule has 5 nitrogen and oxygen atoms in total. The fraction of sp³-hybridized carbons (Fsp3) is 0.952. The highest BCUT2D eigenvalue weighted by atomic mass is 16.3. The van der Waals surface area contributed by atoms with Gasteiger partial charge in [0.05, 0.1) is 0 Å². The van der Waals surface area contributed by atoms with Crippen molar-refractivity contribution in [3.63, 3.8) is 0 Å². The Morgan fingerprint density at radius 1 is 0.692 bits per heavy atom. The molecule has 0 aromatic heterocycles. The lowest BCUT2D eigenvalue weighted by Gasteiger charge is -2.21. The highest BCUT2D eigenvalue weighted by Crippen LogP contribution is 2.17. The zero-order valence-corrected chi connectivity index (χ0v) is 17.4. The molecule has 0 saturated carbocycles. The molecule has 0 rings (SSSR count). The second-order valence-corrected chi connectivity index (χ2v) is 7.78. The van der Waals surface area contributed by atoms with Crippen LogP contribution in [0.25, 0.3) is 0 Å². The van der Waals surface area contributed by atoms with E-state index in [-0.39, 0.29) is 12.5 Å². The Morgan fingerprint density at radius 2 is 1.04 bits per heavy atom. The molecule has 0 spiro atoms. The SMILES string of the molecule is CCCCCCCCCCCCCCCCCCC(O)(CN)N=C(N)N. The van der Waals surface area contributed by atoms with E-state index in [1.54, 1.807) is 0 Å². The Bertz CT molecular complexity index is 332. The first-order valence-corrected chi connectivity index (χ1v) is 11.1. The molecule has 0 aliphatic heterocycles. The van der Waals surface area contributed by atoms with E-state index in [9.17, 15) is 5.11 Å². The normalized spacial score (nSPS) is 13.5. The third-order valence-electron chi connectivity index (χ3n) is 5.09. The van der Waals surface area contributed by atoms with E-state index in [1.165, 1.54) is 89.9 Å². The Morgan fingerprint density at radius 3 is 1.35 bits per heavy atom. The van der Waals surface area contributed by atoms with Gasteiger partial charge >= 0.3 is 0 Å². The van der Waals surface area contributed by atoms with Crippen molar-refractivity contribution in [3.8, 4) is 0 Å². The minimum atomic E-state index is -1.28. The number of unbranched alkanes of at least 4 members (excludes halogenated alkanes) is 15. The molecule has 0 bridgehead atoms. The summed E-state index contributed by atoms with van der Waals surface area (Å²) in [4.78, 5) is 3.84. The molecule has 0 amide bonds. The molecular weight excluding hydrogens is 324 g/mol. The average Bonchev–Trinajstić information content (AvgIpc) is 2.60. The number of nitrogens with two attached hydrogens (primary N) is 3. The van der Waals surface area contributed by atoms with Crippen LogP contribution in [0.3, 0.4) is 0 Å². The maximum Gasteiger partial charge on any atom is 0.188 e. The first-order valence-electron chi connectivity index (χ1n) is 11.1. The predicted octanol–water partition coefficient (Wildman–Crippen LogP) is 4.56. The van der Waals surface area contributed by atoms with Gasteiger partial charge in [-0.05, 0) is 12.8 Å². The van der Waals surface area contributed by atoms with Crippen LogP contribution in [0.1, 0.15) is 116 Å². The molecule has 156 valence electrons. The molecule has 0 aliphatic rings. The number of rotatable bonds is 19. The largest absolute Gasteiger partial charge is 0.370 e. The van der Waals surface area contributed by atoms with Crippen LogP contribution >= 0.6 is 0 Å². The second-order valence-electron chi connectivity index (χ2n) is 7.78. The summed E-state index contributed by atoms with van der Waals surface area (Å²) < 4.78 is 0. The average molecular weight is 371 g/mol. The number of guanidine groups is 1. The van der Waals surface area contributed by atoms with Crippen LogP contribution in [0.4, 0.5) is 0 Å². The molecule has 0 radical (unpaired) electrons. The van der Waals surface area contributed by atoms with E-state index in [4.69, 9.17) is 17.2 Å². The van der Waals surface area contributed by atoms with E-state index in [0.717, 1.165) is 12.8 Å². The molecule has 7 N–H and O–H groups in total. The molecule has 0 aromatic carbocycles. The number of aliphatic imine (C=N–C) groups is 1. The monoisotopic (exact) mass is 370 g/mol. The highest BCUT2D eigenvalue weighted by molar-refractivity contribution is 5.76. The van der Waals surface area contributed by atoms with Gasteiger partial charge in [0.25, 0.3) is 0 Å². The Labute approximate surface area is 162 Å². The number of hydrogen-bond donors (Lipinski definition) is 4. The fourth-order valence-corrected chi connectivity index (χ4v) is 3.40. The lowest BCUT2D eigenvalue weighted by atomic mass is 10.0.